The molecule has 0 bridgehead atoms. The number of ether oxygens (including phenoxy) is 1. The third-order valence-electron chi connectivity index (χ3n) is 1.99. The monoisotopic (exact) mass is 180 g/mol. The molecule has 0 aromatic heterocycles. The molecule has 0 saturated carbocycles. The van der Waals surface area contributed by atoms with E-state index in [1.807, 2.05) is 25.1 Å². The first kappa shape index (κ1) is 10.0. The molecule has 1 aromatic carbocycles. The SMILES string of the molecule is COC[C@@H](N)c1ccc(C)cc1N. The molecule has 0 amide bonds. The highest BCUT2D eigenvalue weighted by Gasteiger charge is 2.08. The molecule has 0 aliphatic rings. The third-order valence-corrected chi connectivity index (χ3v) is 1.99. The number of methoxy groups -OCH3 is 1. The molecule has 0 fully saturated rings. The summed E-state index contributed by atoms with van der Waals surface area (Å²) in [6, 6.07) is 5.74. The van der Waals surface area contributed by atoms with Crippen molar-refractivity contribution in [1.29, 1.82) is 0 Å². The van der Waals surface area contributed by atoms with Crippen LogP contribution in [0.15, 0.2) is 18.2 Å². The van der Waals surface area contributed by atoms with E-state index in [4.69, 9.17) is 16.2 Å². The number of hydrogen-bond acceptors (Lipinski definition) is 3. The summed E-state index contributed by atoms with van der Waals surface area (Å²) in [7, 11) is 1.63. The predicted octanol–water partition coefficient (Wildman–Crippen LogP) is 1.22. The highest BCUT2D eigenvalue weighted by Crippen LogP contribution is 2.19. The number of nitrogens with two attached hydrogens (primary N) is 2. The molecule has 0 spiro atoms. The van der Waals surface area contributed by atoms with Gasteiger partial charge in [0.25, 0.3) is 0 Å². The molecule has 1 aromatic rings. The average Bonchev–Trinajstić information content (AvgIpc) is 2.04. The van der Waals surface area contributed by atoms with Gasteiger partial charge in [-0.15, -0.1) is 0 Å². The zero-order valence-electron chi connectivity index (χ0n) is 8.08. The zero-order chi connectivity index (χ0) is 9.84. The molecule has 0 radical (unpaired) electrons. The van der Waals surface area contributed by atoms with Crippen molar-refractivity contribution in [2.75, 3.05) is 19.5 Å². The molecule has 1 atom stereocenters. The van der Waals surface area contributed by atoms with E-state index in [0.29, 0.717) is 6.61 Å². The van der Waals surface area contributed by atoms with Crippen LogP contribution in [-0.2, 0) is 4.74 Å². The summed E-state index contributed by atoms with van der Waals surface area (Å²) >= 11 is 0. The van der Waals surface area contributed by atoms with E-state index in [1.54, 1.807) is 7.11 Å². The van der Waals surface area contributed by atoms with Crippen molar-refractivity contribution < 1.29 is 4.74 Å². The maximum Gasteiger partial charge on any atom is 0.0656 e. The standard InChI is InChI=1S/C10H16N2O/c1-7-3-4-8(9(11)5-7)10(12)6-13-2/h3-5,10H,6,11-12H2,1-2H3/t10-/m1/s1. The zero-order valence-corrected chi connectivity index (χ0v) is 8.08. The Hall–Kier alpha value is -1.06. The van der Waals surface area contributed by atoms with Gasteiger partial charge < -0.3 is 16.2 Å². The van der Waals surface area contributed by atoms with E-state index in [9.17, 15) is 0 Å². The summed E-state index contributed by atoms with van der Waals surface area (Å²) in [5, 5.41) is 0. The fourth-order valence-corrected chi connectivity index (χ4v) is 1.30. The Kier molecular flexibility index (Phi) is 3.28. The maximum absolute atomic E-state index is 5.85. The van der Waals surface area contributed by atoms with E-state index in [-0.39, 0.29) is 6.04 Å². The fourth-order valence-electron chi connectivity index (χ4n) is 1.30. The van der Waals surface area contributed by atoms with Crippen molar-refractivity contribution in [3.8, 4) is 0 Å². The van der Waals surface area contributed by atoms with Gasteiger partial charge >= 0.3 is 0 Å². The number of rotatable bonds is 3. The van der Waals surface area contributed by atoms with E-state index in [0.717, 1.165) is 16.8 Å². The largest absolute Gasteiger partial charge is 0.398 e. The second-order valence-electron chi connectivity index (χ2n) is 3.19. The van der Waals surface area contributed by atoms with E-state index >= 15 is 0 Å². The summed E-state index contributed by atoms with van der Waals surface area (Å²) in [6.45, 7) is 2.50. The molecule has 4 N–H and O–H groups in total. The second kappa shape index (κ2) is 4.25. The minimum atomic E-state index is -0.134. The van der Waals surface area contributed by atoms with Gasteiger partial charge in [0.1, 0.15) is 0 Å². The van der Waals surface area contributed by atoms with Crippen LogP contribution in [0.25, 0.3) is 0 Å². The summed E-state index contributed by atoms with van der Waals surface area (Å²) < 4.78 is 4.96. The van der Waals surface area contributed by atoms with Gasteiger partial charge in [0, 0.05) is 12.8 Å². The molecule has 0 unspecified atom stereocenters. The Bertz CT molecular complexity index is 286. The molecule has 0 aliphatic carbocycles. The van der Waals surface area contributed by atoms with E-state index < -0.39 is 0 Å². The number of benzene rings is 1. The maximum atomic E-state index is 5.85. The molecule has 3 heteroatoms. The van der Waals surface area contributed by atoms with Crippen molar-refractivity contribution in [2.45, 2.75) is 13.0 Å². The first-order chi connectivity index (χ1) is 6.15. The van der Waals surface area contributed by atoms with Gasteiger partial charge in [-0.3, -0.25) is 0 Å². The number of aryl methyl sites for hydroxylation is 1. The molecule has 72 valence electrons. The lowest BCUT2D eigenvalue weighted by Gasteiger charge is -2.13. The highest BCUT2D eigenvalue weighted by atomic mass is 16.5. The molecule has 13 heavy (non-hydrogen) atoms. The minimum absolute atomic E-state index is 0.134. The molecule has 0 aliphatic heterocycles. The van der Waals surface area contributed by atoms with Crippen LogP contribution in [0, 0.1) is 6.92 Å². The summed E-state index contributed by atoms with van der Waals surface area (Å²) in [5.41, 5.74) is 14.5. The fraction of sp³-hybridized carbons (Fsp3) is 0.400. The molecular weight excluding hydrogens is 164 g/mol. The van der Waals surface area contributed by atoms with Crippen LogP contribution in [0.1, 0.15) is 17.2 Å². The van der Waals surface area contributed by atoms with Gasteiger partial charge in [0.05, 0.1) is 12.6 Å². The van der Waals surface area contributed by atoms with Crippen molar-refractivity contribution in [1.82, 2.24) is 0 Å². The van der Waals surface area contributed by atoms with Crippen molar-refractivity contribution in [3.05, 3.63) is 29.3 Å². The number of hydrogen-bond donors (Lipinski definition) is 2. The lowest BCUT2D eigenvalue weighted by molar-refractivity contribution is 0.181. The Morgan fingerprint density at radius 1 is 1.46 bits per heavy atom. The summed E-state index contributed by atoms with van der Waals surface area (Å²) in [4.78, 5) is 0. The highest BCUT2D eigenvalue weighted by molar-refractivity contribution is 5.50. The Balaban J connectivity index is 2.88. The molecule has 3 nitrogen and oxygen atoms in total. The first-order valence-corrected chi connectivity index (χ1v) is 4.25. The van der Waals surface area contributed by atoms with Crippen LogP contribution in [0.2, 0.25) is 0 Å². The van der Waals surface area contributed by atoms with Crippen LogP contribution in [0.3, 0.4) is 0 Å². The third kappa shape index (κ3) is 2.44. The molecule has 0 saturated heterocycles. The van der Waals surface area contributed by atoms with Crippen LogP contribution in [0.5, 0.6) is 0 Å². The van der Waals surface area contributed by atoms with Crippen molar-refractivity contribution in [3.63, 3.8) is 0 Å². The average molecular weight is 180 g/mol. The Morgan fingerprint density at radius 3 is 2.69 bits per heavy atom. The topological polar surface area (TPSA) is 61.3 Å². The molecule has 1 rings (SSSR count). The lowest BCUT2D eigenvalue weighted by atomic mass is 10.0. The smallest absolute Gasteiger partial charge is 0.0656 e. The summed E-state index contributed by atoms with van der Waals surface area (Å²) in [6.07, 6.45) is 0. The van der Waals surface area contributed by atoms with E-state index in [1.165, 1.54) is 0 Å². The molecular formula is C10H16N2O. The molecule has 0 heterocycles. The van der Waals surface area contributed by atoms with Crippen LogP contribution in [0.4, 0.5) is 5.69 Å². The lowest BCUT2D eigenvalue weighted by Crippen LogP contribution is -2.17. The summed E-state index contributed by atoms with van der Waals surface area (Å²) in [5.74, 6) is 0. The van der Waals surface area contributed by atoms with Gasteiger partial charge in [-0.05, 0) is 24.1 Å². The van der Waals surface area contributed by atoms with Crippen molar-refractivity contribution in [2.24, 2.45) is 5.73 Å². The number of anilines is 1. The van der Waals surface area contributed by atoms with Gasteiger partial charge in [-0.25, -0.2) is 0 Å². The normalized spacial score (nSPS) is 12.8. The minimum Gasteiger partial charge on any atom is -0.398 e. The van der Waals surface area contributed by atoms with Crippen LogP contribution < -0.4 is 11.5 Å². The van der Waals surface area contributed by atoms with Crippen LogP contribution in [-0.4, -0.2) is 13.7 Å². The van der Waals surface area contributed by atoms with Gasteiger partial charge in [-0.2, -0.15) is 0 Å². The van der Waals surface area contributed by atoms with E-state index in [2.05, 4.69) is 0 Å². The second-order valence-corrected chi connectivity index (χ2v) is 3.19. The Labute approximate surface area is 78.7 Å². The first-order valence-electron chi connectivity index (χ1n) is 4.25. The predicted molar refractivity (Wildman–Crippen MR) is 54.4 cm³/mol. The van der Waals surface area contributed by atoms with Gasteiger partial charge in [-0.1, -0.05) is 12.1 Å². The van der Waals surface area contributed by atoms with Crippen LogP contribution >= 0.6 is 0 Å². The van der Waals surface area contributed by atoms with Gasteiger partial charge in [0.15, 0.2) is 0 Å². The quantitative estimate of drug-likeness (QED) is 0.687. The van der Waals surface area contributed by atoms with Gasteiger partial charge in [0.2, 0.25) is 0 Å². The Morgan fingerprint density at radius 2 is 2.15 bits per heavy atom. The number of nitrogen functional groups attached to an aromatic ring is 1. The van der Waals surface area contributed by atoms with Crippen molar-refractivity contribution >= 4 is 5.69 Å².